The van der Waals surface area contributed by atoms with E-state index in [1.165, 1.54) is 6.08 Å². The number of piperidine rings is 1. The number of amides is 1. The van der Waals surface area contributed by atoms with E-state index < -0.39 is 0 Å². The molecule has 0 bridgehead atoms. The summed E-state index contributed by atoms with van der Waals surface area (Å²) in [5.41, 5.74) is 2.18. The van der Waals surface area contributed by atoms with Gasteiger partial charge in [-0.2, -0.15) is 5.26 Å². The van der Waals surface area contributed by atoms with Crippen molar-refractivity contribution in [2.45, 2.75) is 18.9 Å². The Morgan fingerprint density at radius 3 is 3.00 bits per heavy atom. The second-order valence-corrected chi connectivity index (χ2v) is 6.02. The molecule has 1 aromatic rings. The molecule has 0 aromatic heterocycles. The maximum atomic E-state index is 11.5. The second kappa shape index (κ2) is 8.16. The van der Waals surface area contributed by atoms with Gasteiger partial charge in [-0.1, -0.05) is 6.58 Å². The molecular formula is C18H23N5O. The Labute approximate surface area is 143 Å². The highest BCUT2D eigenvalue weighted by atomic mass is 16.1. The third kappa shape index (κ3) is 4.59. The standard InChI is InChI=1S/C18H23N5O/c1-4-18(24)21-15-6-5-9-23(12-15)16-7-8-17(14(10-16)11-19)20-13-22(2)3/h4,7-8,10,13,15H,1,5-6,9,12H2,2-3H3,(H,21,24). The van der Waals surface area contributed by atoms with Crippen molar-refractivity contribution in [3.05, 3.63) is 36.4 Å². The molecule has 0 radical (unpaired) electrons. The molecule has 6 heteroatoms. The number of rotatable bonds is 5. The zero-order chi connectivity index (χ0) is 17.5. The van der Waals surface area contributed by atoms with Gasteiger partial charge in [0.1, 0.15) is 6.07 Å². The first kappa shape index (κ1) is 17.5. The highest BCUT2D eigenvalue weighted by molar-refractivity contribution is 5.87. The van der Waals surface area contributed by atoms with Crippen molar-refractivity contribution >= 4 is 23.6 Å². The number of nitrogens with one attached hydrogen (secondary N) is 1. The van der Waals surface area contributed by atoms with E-state index in [1.807, 2.05) is 37.2 Å². The van der Waals surface area contributed by atoms with Crippen LogP contribution < -0.4 is 10.2 Å². The predicted molar refractivity (Wildman–Crippen MR) is 96.6 cm³/mol. The molecule has 1 saturated heterocycles. The smallest absolute Gasteiger partial charge is 0.243 e. The number of aliphatic imine (C=N–C) groups is 1. The summed E-state index contributed by atoms with van der Waals surface area (Å²) in [7, 11) is 3.77. The molecule has 6 nitrogen and oxygen atoms in total. The number of hydrogen-bond acceptors (Lipinski definition) is 4. The number of carbonyl (C=O) groups is 1. The van der Waals surface area contributed by atoms with Crippen LogP contribution in [0.2, 0.25) is 0 Å². The molecule has 1 amide bonds. The molecule has 0 saturated carbocycles. The van der Waals surface area contributed by atoms with Gasteiger partial charge in [0.15, 0.2) is 0 Å². The fourth-order valence-corrected chi connectivity index (χ4v) is 2.69. The number of nitriles is 1. The van der Waals surface area contributed by atoms with Crippen molar-refractivity contribution in [1.82, 2.24) is 10.2 Å². The number of carbonyl (C=O) groups excluding carboxylic acids is 1. The molecule has 1 aliphatic rings. The molecule has 126 valence electrons. The molecule has 1 fully saturated rings. The first-order valence-electron chi connectivity index (χ1n) is 7.96. The average Bonchev–Trinajstić information content (AvgIpc) is 2.59. The summed E-state index contributed by atoms with van der Waals surface area (Å²) in [6.07, 6.45) is 4.92. The molecule has 1 N–H and O–H groups in total. The van der Waals surface area contributed by atoms with Crippen LogP contribution >= 0.6 is 0 Å². The van der Waals surface area contributed by atoms with E-state index in [-0.39, 0.29) is 11.9 Å². The van der Waals surface area contributed by atoms with Gasteiger partial charge in [-0.25, -0.2) is 4.99 Å². The second-order valence-electron chi connectivity index (χ2n) is 6.02. The molecular weight excluding hydrogens is 302 g/mol. The van der Waals surface area contributed by atoms with Gasteiger partial charge in [0.05, 0.1) is 17.6 Å². The molecule has 0 aliphatic carbocycles. The summed E-state index contributed by atoms with van der Waals surface area (Å²) in [6, 6.07) is 8.00. The number of nitrogens with zero attached hydrogens (tertiary/aromatic N) is 4. The first-order valence-corrected chi connectivity index (χ1v) is 7.96. The SMILES string of the molecule is C=CC(=O)NC1CCCN(c2ccc(N=CN(C)C)c(C#N)c2)C1. The van der Waals surface area contributed by atoms with E-state index in [2.05, 4.69) is 27.9 Å². The quantitative estimate of drug-likeness (QED) is 0.511. The van der Waals surface area contributed by atoms with E-state index >= 15 is 0 Å². The highest BCUT2D eigenvalue weighted by Crippen LogP contribution is 2.27. The minimum absolute atomic E-state index is 0.0984. The maximum absolute atomic E-state index is 11.5. The van der Waals surface area contributed by atoms with E-state index in [0.29, 0.717) is 11.3 Å². The van der Waals surface area contributed by atoms with Crippen LogP contribution in [0.25, 0.3) is 0 Å². The average molecular weight is 325 g/mol. The lowest BCUT2D eigenvalue weighted by molar-refractivity contribution is -0.117. The van der Waals surface area contributed by atoms with Crippen LogP contribution in [-0.4, -0.2) is 50.4 Å². The molecule has 1 aromatic carbocycles. The summed E-state index contributed by atoms with van der Waals surface area (Å²) >= 11 is 0. The van der Waals surface area contributed by atoms with Crippen LogP contribution in [0, 0.1) is 11.3 Å². The predicted octanol–water partition coefficient (Wildman–Crippen LogP) is 2.05. The number of benzene rings is 1. The van der Waals surface area contributed by atoms with Crippen molar-refractivity contribution in [3.63, 3.8) is 0 Å². The normalized spacial score (nSPS) is 17.4. The molecule has 2 rings (SSSR count). The Morgan fingerprint density at radius 2 is 2.33 bits per heavy atom. The van der Waals surface area contributed by atoms with Crippen LogP contribution in [0.5, 0.6) is 0 Å². The number of hydrogen-bond donors (Lipinski definition) is 1. The maximum Gasteiger partial charge on any atom is 0.243 e. The molecule has 1 heterocycles. The molecule has 0 spiro atoms. The van der Waals surface area contributed by atoms with Gasteiger partial charge in [0.25, 0.3) is 0 Å². The topological polar surface area (TPSA) is 71.7 Å². The largest absolute Gasteiger partial charge is 0.369 e. The van der Waals surface area contributed by atoms with Crippen molar-refractivity contribution in [3.8, 4) is 6.07 Å². The summed E-state index contributed by atoms with van der Waals surface area (Å²) in [5.74, 6) is -0.145. The summed E-state index contributed by atoms with van der Waals surface area (Å²) in [4.78, 5) is 19.8. The van der Waals surface area contributed by atoms with Gasteiger partial charge in [0, 0.05) is 38.9 Å². The molecule has 1 unspecified atom stereocenters. The van der Waals surface area contributed by atoms with Crippen LogP contribution in [0.15, 0.2) is 35.8 Å². The fourth-order valence-electron chi connectivity index (χ4n) is 2.69. The third-order valence-electron chi connectivity index (χ3n) is 3.85. The van der Waals surface area contributed by atoms with Crippen molar-refractivity contribution < 1.29 is 4.79 Å². The monoisotopic (exact) mass is 325 g/mol. The van der Waals surface area contributed by atoms with Crippen molar-refractivity contribution in [2.75, 3.05) is 32.1 Å². The summed E-state index contributed by atoms with van der Waals surface area (Å²) in [5, 5.41) is 12.3. The van der Waals surface area contributed by atoms with Crippen molar-refractivity contribution in [2.24, 2.45) is 4.99 Å². The molecule has 1 atom stereocenters. The van der Waals surface area contributed by atoms with E-state index in [9.17, 15) is 10.1 Å². The minimum atomic E-state index is -0.145. The van der Waals surface area contributed by atoms with Gasteiger partial charge < -0.3 is 15.1 Å². The Morgan fingerprint density at radius 1 is 1.54 bits per heavy atom. The van der Waals surface area contributed by atoms with E-state index in [1.54, 1.807) is 6.34 Å². The first-order chi connectivity index (χ1) is 11.5. The van der Waals surface area contributed by atoms with Crippen LogP contribution in [0.1, 0.15) is 18.4 Å². The van der Waals surface area contributed by atoms with Crippen molar-refractivity contribution in [1.29, 1.82) is 5.26 Å². The lowest BCUT2D eigenvalue weighted by Gasteiger charge is -2.34. The Kier molecular flexibility index (Phi) is 5.96. The lowest BCUT2D eigenvalue weighted by atomic mass is 10.0. The van der Waals surface area contributed by atoms with Gasteiger partial charge in [-0.15, -0.1) is 0 Å². The van der Waals surface area contributed by atoms with Gasteiger partial charge in [-0.3, -0.25) is 4.79 Å². The van der Waals surface area contributed by atoms with E-state index in [0.717, 1.165) is 31.6 Å². The zero-order valence-corrected chi connectivity index (χ0v) is 14.2. The molecule has 24 heavy (non-hydrogen) atoms. The fraction of sp³-hybridized carbons (Fsp3) is 0.389. The lowest BCUT2D eigenvalue weighted by Crippen LogP contribution is -2.47. The van der Waals surface area contributed by atoms with Gasteiger partial charge in [-0.05, 0) is 37.1 Å². The van der Waals surface area contributed by atoms with Crippen LogP contribution in [0.3, 0.4) is 0 Å². The molecule has 1 aliphatic heterocycles. The summed E-state index contributed by atoms with van der Waals surface area (Å²) in [6.45, 7) is 5.12. The van der Waals surface area contributed by atoms with Crippen LogP contribution in [-0.2, 0) is 4.79 Å². The van der Waals surface area contributed by atoms with Gasteiger partial charge >= 0.3 is 0 Å². The Balaban J connectivity index is 2.15. The highest BCUT2D eigenvalue weighted by Gasteiger charge is 2.21. The Bertz CT molecular complexity index is 674. The summed E-state index contributed by atoms with van der Waals surface area (Å²) < 4.78 is 0. The zero-order valence-electron chi connectivity index (χ0n) is 14.2. The minimum Gasteiger partial charge on any atom is -0.369 e. The number of anilines is 1. The third-order valence-corrected chi connectivity index (χ3v) is 3.85. The van der Waals surface area contributed by atoms with Gasteiger partial charge in [0.2, 0.25) is 5.91 Å². The Hall–Kier alpha value is -2.81. The van der Waals surface area contributed by atoms with E-state index in [4.69, 9.17) is 0 Å². The van der Waals surface area contributed by atoms with Crippen LogP contribution in [0.4, 0.5) is 11.4 Å².